The van der Waals surface area contributed by atoms with Gasteiger partial charge in [0.25, 0.3) is 0 Å². The molecule has 0 aromatic carbocycles. The van der Waals surface area contributed by atoms with Crippen molar-refractivity contribution in [3.05, 3.63) is 0 Å². The third-order valence-electron chi connectivity index (χ3n) is 0.717. The van der Waals surface area contributed by atoms with Gasteiger partial charge in [0.1, 0.15) is 13.0 Å². The molecule has 0 heterocycles. The summed E-state index contributed by atoms with van der Waals surface area (Å²) in [4.78, 5) is 10.6. The van der Waals surface area contributed by atoms with Crippen molar-refractivity contribution >= 4 is 6.03 Å². The molecule has 10 heavy (non-hydrogen) atoms. The first kappa shape index (κ1) is 9.19. The molecule has 0 saturated heterocycles. The molecule has 0 aliphatic heterocycles. The Hall–Kier alpha value is -0.810. The number of ether oxygens (including phenoxy) is 1. The lowest BCUT2D eigenvalue weighted by Gasteiger charge is -2.07. The average Bonchev–Trinajstić information content (AvgIpc) is 1.82. The van der Waals surface area contributed by atoms with Gasteiger partial charge in [-0.3, -0.25) is 0 Å². The highest BCUT2D eigenvalue weighted by Gasteiger charge is 1.99. The van der Waals surface area contributed by atoms with Crippen LogP contribution in [-0.2, 0) is 4.74 Å². The van der Waals surface area contributed by atoms with Crippen molar-refractivity contribution in [3.8, 4) is 0 Å². The minimum absolute atomic E-state index is 0.137. The molecule has 0 aliphatic carbocycles. The van der Waals surface area contributed by atoms with E-state index in [1.165, 1.54) is 14.0 Å². The van der Waals surface area contributed by atoms with Gasteiger partial charge in [-0.05, 0) is 6.92 Å². The fraction of sp³-hybridized carbons (Fsp3) is 0.800. The maximum absolute atomic E-state index is 10.6. The van der Waals surface area contributed by atoms with E-state index in [0.717, 1.165) is 0 Å². The molecule has 5 nitrogen and oxygen atoms in total. The van der Waals surface area contributed by atoms with Gasteiger partial charge in [-0.1, -0.05) is 0 Å². The third kappa shape index (κ3) is 5.33. The van der Waals surface area contributed by atoms with Crippen LogP contribution in [0.2, 0.25) is 0 Å². The number of rotatable bonds is 3. The predicted octanol–water partition coefficient (Wildman–Crippen LogP) is -0.772. The summed E-state index contributed by atoms with van der Waals surface area (Å²) >= 11 is 0. The summed E-state index contributed by atoms with van der Waals surface area (Å²) in [5.41, 5.74) is 0. The molecular formula is C5H12N2O3. The highest BCUT2D eigenvalue weighted by atomic mass is 16.5. The fourth-order valence-electron chi connectivity index (χ4n) is 0.378. The van der Waals surface area contributed by atoms with Gasteiger partial charge in [-0.25, -0.2) is 4.79 Å². The van der Waals surface area contributed by atoms with Gasteiger partial charge in [0.2, 0.25) is 0 Å². The summed E-state index contributed by atoms with van der Waals surface area (Å²) in [5, 5.41) is 13.1. The van der Waals surface area contributed by atoms with Crippen LogP contribution in [0.25, 0.3) is 0 Å². The van der Waals surface area contributed by atoms with E-state index >= 15 is 0 Å². The number of aliphatic hydroxyl groups excluding tert-OH is 1. The molecule has 0 bridgehead atoms. The quantitative estimate of drug-likeness (QED) is 0.460. The zero-order chi connectivity index (χ0) is 7.98. The molecule has 60 valence electrons. The Morgan fingerprint density at radius 2 is 2.40 bits per heavy atom. The molecule has 0 saturated carbocycles. The minimum atomic E-state index is -0.836. The Kier molecular flexibility index (Phi) is 4.61. The van der Waals surface area contributed by atoms with E-state index in [-0.39, 0.29) is 6.73 Å². The van der Waals surface area contributed by atoms with Crippen LogP contribution in [0.1, 0.15) is 6.92 Å². The summed E-state index contributed by atoms with van der Waals surface area (Å²) in [5.74, 6) is 0. The number of nitrogens with one attached hydrogen (secondary N) is 2. The number of carbonyl (C=O) groups is 1. The highest BCUT2D eigenvalue weighted by molar-refractivity contribution is 5.73. The average molecular weight is 148 g/mol. The van der Waals surface area contributed by atoms with Crippen molar-refractivity contribution < 1.29 is 14.6 Å². The second-order valence-corrected chi connectivity index (χ2v) is 1.76. The summed E-state index contributed by atoms with van der Waals surface area (Å²) in [6.07, 6.45) is -0.836. The molecule has 0 radical (unpaired) electrons. The molecule has 0 fully saturated rings. The highest BCUT2D eigenvalue weighted by Crippen LogP contribution is 1.71. The molecule has 0 spiro atoms. The van der Waals surface area contributed by atoms with Crippen molar-refractivity contribution in [2.75, 3.05) is 13.8 Å². The van der Waals surface area contributed by atoms with Crippen molar-refractivity contribution in [3.63, 3.8) is 0 Å². The first-order valence-corrected chi connectivity index (χ1v) is 2.88. The van der Waals surface area contributed by atoms with E-state index in [1.807, 2.05) is 0 Å². The largest absolute Gasteiger partial charge is 0.374 e. The Bertz CT molecular complexity index is 105. The van der Waals surface area contributed by atoms with Gasteiger partial charge in [0.15, 0.2) is 0 Å². The second-order valence-electron chi connectivity index (χ2n) is 1.76. The topological polar surface area (TPSA) is 70.6 Å². The zero-order valence-electron chi connectivity index (χ0n) is 6.05. The maximum Gasteiger partial charge on any atom is 0.318 e. The lowest BCUT2D eigenvalue weighted by atomic mass is 10.6. The molecule has 3 N–H and O–H groups in total. The van der Waals surface area contributed by atoms with Gasteiger partial charge in [0, 0.05) is 7.11 Å². The zero-order valence-corrected chi connectivity index (χ0v) is 6.05. The second kappa shape index (κ2) is 5.01. The van der Waals surface area contributed by atoms with Crippen molar-refractivity contribution in [1.29, 1.82) is 0 Å². The maximum atomic E-state index is 10.6. The number of aliphatic hydroxyl groups is 1. The molecule has 0 aromatic heterocycles. The monoisotopic (exact) mass is 148 g/mol. The Balaban J connectivity index is 3.26. The lowest BCUT2D eigenvalue weighted by molar-refractivity contribution is 0.142. The first-order valence-electron chi connectivity index (χ1n) is 2.88. The van der Waals surface area contributed by atoms with Crippen LogP contribution in [0, 0.1) is 0 Å². The number of carbonyl (C=O) groups excluding carboxylic acids is 1. The predicted molar refractivity (Wildman–Crippen MR) is 35.2 cm³/mol. The van der Waals surface area contributed by atoms with Crippen molar-refractivity contribution in [2.45, 2.75) is 13.2 Å². The molecular weight excluding hydrogens is 136 g/mol. The molecule has 0 aliphatic rings. The van der Waals surface area contributed by atoms with Crippen LogP contribution in [0.4, 0.5) is 4.79 Å². The van der Waals surface area contributed by atoms with Gasteiger partial charge in [-0.15, -0.1) is 0 Å². The van der Waals surface area contributed by atoms with Gasteiger partial charge < -0.3 is 20.5 Å². The first-order chi connectivity index (χ1) is 4.66. The van der Waals surface area contributed by atoms with Crippen LogP contribution in [0.3, 0.4) is 0 Å². The number of hydrogen-bond donors (Lipinski definition) is 3. The van der Waals surface area contributed by atoms with Crippen LogP contribution < -0.4 is 10.6 Å². The van der Waals surface area contributed by atoms with Crippen LogP contribution >= 0.6 is 0 Å². The summed E-state index contributed by atoms with van der Waals surface area (Å²) < 4.78 is 4.54. The SMILES string of the molecule is COCNC(=O)NC(C)O. The number of urea groups is 1. The van der Waals surface area contributed by atoms with E-state index in [9.17, 15) is 4.79 Å². The number of hydrogen-bond acceptors (Lipinski definition) is 3. The van der Waals surface area contributed by atoms with Crippen molar-refractivity contribution in [2.24, 2.45) is 0 Å². The normalized spacial score (nSPS) is 12.3. The summed E-state index contributed by atoms with van der Waals surface area (Å²) in [7, 11) is 1.46. The van der Waals surface area contributed by atoms with Gasteiger partial charge in [-0.2, -0.15) is 0 Å². The molecule has 0 rings (SSSR count). The molecule has 1 atom stereocenters. The van der Waals surface area contributed by atoms with E-state index in [2.05, 4.69) is 15.4 Å². The van der Waals surface area contributed by atoms with E-state index in [4.69, 9.17) is 5.11 Å². The molecule has 1 unspecified atom stereocenters. The molecule has 0 aromatic rings. The van der Waals surface area contributed by atoms with Gasteiger partial charge >= 0.3 is 6.03 Å². The van der Waals surface area contributed by atoms with E-state index < -0.39 is 12.3 Å². The Morgan fingerprint density at radius 3 is 2.80 bits per heavy atom. The minimum Gasteiger partial charge on any atom is -0.374 e. The third-order valence-corrected chi connectivity index (χ3v) is 0.717. The summed E-state index contributed by atoms with van der Waals surface area (Å²) in [6.45, 7) is 1.59. The van der Waals surface area contributed by atoms with Crippen LogP contribution in [0.15, 0.2) is 0 Å². The van der Waals surface area contributed by atoms with Crippen LogP contribution in [0.5, 0.6) is 0 Å². The summed E-state index contributed by atoms with van der Waals surface area (Å²) in [6, 6.07) is -0.447. The fourth-order valence-corrected chi connectivity index (χ4v) is 0.378. The van der Waals surface area contributed by atoms with Gasteiger partial charge in [0.05, 0.1) is 0 Å². The standard InChI is InChI=1S/C5H12N2O3/c1-4(8)7-5(9)6-3-10-2/h4,8H,3H2,1-2H3,(H2,6,7,9). The van der Waals surface area contributed by atoms with E-state index in [0.29, 0.717) is 0 Å². The van der Waals surface area contributed by atoms with E-state index in [1.54, 1.807) is 0 Å². The van der Waals surface area contributed by atoms with Crippen molar-refractivity contribution in [1.82, 2.24) is 10.6 Å². The van der Waals surface area contributed by atoms with Crippen LogP contribution in [-0.4, -0.2) is 31.2 Å². The Labute approximate surface area is 59.4 Å². The number of methoxy groups -OCH3 is 1. The Morgan fingerprint density at radius 1 is 1.80 bits per heavy atom. The lowest BCUT2D eigenvalue weighted by Crippen LogP contribution is -2.41. The number of amides is 2. The molecule has 2 amide bonds. The molecule has 5 heteroatoms. The smallest absolute Gasteiger partial charge is 0.318 e.